The van der Waals surface area contributed by atoms with Gasteiger partial charge in [0.15, 0.2) is 11.5 Å². The Morgan fingerprint density at radius 3 is 2.88 bits per heavy atom. The molecule has 6 heteroatoms. The summed E-state index contributed by atoms with van der Waals surface area (Å²) in [6, 6.07) is 13.1. The summed E-state index contributed by atoms with van der Waals surface area (Å²) >= 11 is 1.48. The van der Waals surface area contributed by atoms with E-state index in [1.54, 1.807) is 18.3 Å². The molecule has 0 aliphatic rings. The van der Waals surface area contributed by atoms with E-state index in [0.29, 0.717) is 10.9 Å². The van der Waals surface area contributed by atoms with Crippen LogP contribution in [0.2, 0.25) is 0 Å². The van der Waals surface area contributed by atoms with Crippen LogP contribution in [0.25, 0.3) is 11.3 Å². The Kier molecular flexibility index (Phi) is 5.52. The molecule has 0 radical (unpaired) electrons. The number of hydrogen-bond acceptors (Lipinski definition) is 6. The number of hydrazone groups is 1. The maximum atomic E-state index is 9.73. The Morgan fingerprint density at radius 1 is 1.31 bits per heavy atom. The molecule has 3 aromatic rings. The number of nitrogens with zero attached hydrogens (tertiary/aromatic N) is 2. The molecule has 1 heterocycles. The molecule has 1 aromatic heterocycles. The van der Waals surface area contributed by atoms with Gasteiger partial charge < -0.3 is 9.84 Å². The van der Waals surface area contributed by atoms with Crippen molar-refractivity contribution in [3.63, 3.8) is 0 Å². The van der Waals surface area contributed by atoms with Gasteiger partial charge in [0.2, 0.25) is 5.13 Å². The Bertz CT molecular complexity index is 956. The normalized spacial score (nSPS) is 10.6. The Balaban J connectivity index is 1.66. The molecule has 0 saturated heterocycles. The lowest BCUT2D eigenvalue weighted by Crippen LogP contribution is -1.95. The number of benzene rings is 2. The number of terminal acetylenes is 1. The number of phenolic OH excluding ortho intramolecular Hbond substituents is 1. The molecule has 5 nitrogen and oxygen atoms in total. The number of thiazole rings is 1. The van der Waals surface area contributed by atoms with Crippen molar-refractivity contribution in [3.8, 4) is 35.1 Å². The molecule has 0 saturated carbocycles. The maximum absolute atomic E-state index is 9.73. The number of nitrogens with one attached hydrogen (secondary N) is 1. The fraction of sp³-hybridized carbons (Fsp3) is 0.100. The van der Waals surface area contributed by atoms with Gasteiger partial charge in [-0.15, -0.1) is 17.8 Å². The van der Waals surface area contributed by atoms with Crippen LogP contribution in [0, 0.1) is 19.3 Å². The van der Waals surface area contributed by atoms with Gasteiger partial charge in [0.05, 0.1) is 11.9 Å². The number of anilines is 1. The molecule has 2 N–H and O–H groups in total. The van der Waals surface area contributed by atoms with Crippen molar-refractivity contribution in [1.82, 2.24) is 4.98 Å². The molecule has 0 aliphatic carbocycles. The molecule has 0 amide bonds. The number of hydrogen-bond donors (Lipinski definition) is 2. The maximum Gasteiger partial charge on any atom is 0.203 e. The van der Waals surface area contributed by atoms with Crippen LogP contribution in [-0.2, 0) is 0 Å². The lowest BCUT2D eigenvalue weighted by Gasteiger charge is -2.05. The molecule has 0 fully saturated rings. The Hall–Kier alpha value is -3.30. The summed E-state index contributed by atoms with van der Waals surface area (Å²) in [5.41, 5.74) is 6.86. The second kappa shape index (κ2) is 8.19. The number of aromatic nitrogens is 1. The van der Waals surface area contributed by atoms with Crippen LogP contribution in [0.5, 0.6) is 11.5 Å². The fourth-order valence-electron chi connectivity index (χ4n) is 2.19. The van der Waals surface area contributed by atoms with Gasteiger partial charge in [0.25, 0.3) is 0 Å². The summed E-state index contributed by atoms with van der Waals surface area (Å²) in [5.74, 6) is 2.72. The van der Waals surface area contributed by atoms with Gasteiger partial charge >= 0.3 is 0 Å². The van der Waals surface area contributed by atoms with E-state index in [1.165, 1.54) is 23.0 Å². The van der Waals surface area contributed by atoms with Crippen molar-refractivity contribution >= 4 is 22.7 Å². The highest BCUT2D eigenvalue weighted by Crippen LogP contribution is 2.27. The number of phenols is 1. The number of ether oxygens (including phenoxy) is 1. The number of rotatable bonds is 6. The first-order valence-corrected chi connectivity index (χ1v) is 8.74. The molecule has 0 aliphatic heterocycles. The van der Waals surface area contributed by atoms with E-state index in [4.69, 9.17) is 11.2 Å². The first kappa shape index (κ1) is 17.5. The molecule has 0 unspecified atom stereocenters. The lowest BCUT2D eigenvalue weighted by molar-refractivity contribution is 0.342. The van der Waals surface area contributed by atoms with E-state index in [9.17, 15) is 5.11 Å². The molecule has 2 aromatic carbocycles. The van der Waals surface area contributed by atoms with Crippen molar-refractivity contribution in [2.24, 2.45) is 5.10 Å². The van der Waals surface area contributed by atoms with Crippen LogP contribution in [0.15, 0.2) is 52.9 Å². The average Bonchev–Trinajstić information content (AvgIpc) is 3.11. The Labute approximate surface area is 156 Å². The third-order valence-corrected chi connectivity index (χ3v) is 4.27. The first-order chi connectivity index (χ1) is 12.7. The largest absolute Gasteiger partial charge is 0.504 e. The van der Waals surface area contributed by atoms with Gasteiger partial charge in [-0.2, -0.15) is 5.10 Å². The summed E-state index contributed by atoms with van der Waals surface area (Å²) in [7, 11) is 0. The van der Waals surface area contributed by atoms with Gasteiger partial charge in [0, 0.05) is 10.9 Å². The smallest absolute Gasteiger partial charge is 0.203 e. The van der Waals surface area contributed by atoms with Crippen molar-refractivity contribution in [2.45, 2.75) is 6.92 Å². The first-order valence-electron chi connectivity index (χ1n) is 7.86. The van der Waals surface area contributed by atoms with Crippen LogP contribution in [0.1, 0.15) is 11.1 Å². The van der Waals surface area contributed by atoms with Gasteiger partial charge in [-0.3, -0.25) is 5.43 Å². The highest BCUT2D eigenvalue weighted by molar-refractivity contribution is 7.14. The monoisotopic (exact) mass is 363 g/mol. The zero-order valence-electron chi connectivity index (χ0n) is 14.1. The van der Waals surface area contributed by atoms with Crippen molar-refractivity contribution in [3.05, 3.63) is 59.0 Å². The SMILES string of the molecule is C#CCOc1cc(/C=N/Nc2nc(-c3ccc(C)cc3)cs2)ccc1O. The van der Waals surface area contributed by atoms with E-state index >= 15 is 0 Å². The standard InChI is InChI=1S/C20H17N3O2S/c1-3-10-25-19-11-15(6-9-18(19)24)12-21-23-20-22-17(13-26-20)16-7-4-14(2)5-8-16/h1,4-9,11-13,24H,10H2,2H3,(H,22,23)/b21-12+. The van der Waals surface area contributed by atoms with Crippen LogP contribution in [0.4, 0.5) is 5.13 Å². The van der Waals surface area contributed by atoms with Gasteiger partial charge in [-0.05, 0) is 30.7 Å². The quantitative estimate of drug-likeness (QED) is 0.390. The fourth-order valence-corrected chi connectivity index (χ4v) is 2.86. The Morgan fingerprint density at radius 2 is 2.12 bits per heavy atom. The molecule has 0 bridgehead atoms. The van der Waals surface area contributed by atoms with Crippen LogP contribution >= 0.6 is 11.3 Å². The van der Waals surface area contributed by atoms with Crippen molar-refractivity contribution in [1.29, 1.82) is 0 Å². The summed E-state index contributed by atoms with van der Waals surface area (Å²) < 4.78 is 5.27. The van der Waals surface area contributed by atoms with Gasteiger partial charge in [-0.1, -0.05) is 35.7 Å². The minimum Gasteiger partial charge on any atom is -0.504 e. The predicted molar refractivity (Wildman–Crippen MR) is 106 cm³/mol. The third-order valence-electron chi connectivity index (χ3n) is 3.52. The van der Waals surface area contributed by atoms with Crippen molar-refractivity contribution in [2.75, 3.05) is 12.0 Å². The van der Waals surface area contributed by atoms with Gasteiger partial charge in [-0.25, -0.2) is 4.98 Å². The number of aromatic hydroxyl groups is 1. The molecule has 0 spiro atoms. The van der Waals surface area contributed by atoms with E-state index in [0.717, 1.165) is 16.8 Å². The highest BCUT2D eigenvalue weighted by Gasteiger charge is 2.04. The summed E-state index contributed by atoms with van der Waals surface area (Å²) in [6.07, 6.45) is 6.78. The van der Waals surface area contributed by atoms with Crippen molar-refractivity contribution < 1.29 is 9.84 Å². The molecule has 0 atom stereocenters. The van der Waals surface area contributed by atoms with E-state index < -0.39 is 0 Å². The molecular formula is C20H17N3O2S. The topological polar surface area (TPSA) is 66.7 Å². The molecular weight excluding hydrogens is 346 g/mol. The number of aryl methyl sites for hydroxylation is 1. The molecule has 130 valence electrons. The van der Waals surface area contributed by atoms with E-state index in [1.807, 2.05) is 17.5 Å². The van der Waals surface area contributed by atoms with E-state index in [-0.39, 0.29) is 12.4 Å². The zero-order chi connectivity index (χ0) is 18.4. The second-order valence-electron chi connectivity index (χ2n) is 5.49. The molecule has 26 heavy (non-hydrogen) atoms. The summed E-state index contributed by atoms with van der Waals surface area (Å²) in [6.45, 7) is 2.14. The summed E-state index contributed by atoms with van der Waals surface area (Å²) in [4.78, 5) is 4.52. The highest BCUT2D eigenvalue weighted by atomic mass is 32.1. The van der Waals surface area contributed by atoms with Gasteiger partial charge in [0.1, 0.15) is 6.61 Å². The minimum atomic E-state index is 0.0352. The lowest BCUT2D eigenvalue weighted by atomic mass is 10.1. The average molecular weight is 363 g/mol. The van der Waals surface area contributed by atoms with Crippen LogP contribution < -0.4 is 10.2 Å². The van der Waals surface area contributed by atoms with Crippen LogP contribution in [-0.4, -0.2) is 22.9 Å². The molecule has 3 rings (SSSR count). The van der Waals surface area contributed by atoms with Crippen LogP contribution in [0.3, 0.4) is 0 Å². The third kappa shape index (κ3) is 4.41. The summed E-state index contributed by atoms with van der Waals surface area (Å²) in [5, 5.41) is 16.6. The minimum absolute atomic E-state index is 0.0352. The zero-order valence-corrected chi connectivity index (χ0v) is 15.0. The second-order valence-corrected chi connectivity index (χ2v) is 6.35. The van der Waals surface area contributed by atoms with E-state index in [2.05, 4.69) is 40.5 Å². The predicted octanol–water partition coefficient (Wildman–Crippen LogP) is 4.28.